The molecule has 1 heterocycles. The van der Waals surface area contributed by atoms with Crippen LogP contribution in [0.4, 0.5) is 0 Å². The van der Waals surface area contributed by atoms with Gasteiger partial charge in [-0.1, -0.05) is 30.7 Å². The van der Waals surface area contributed by atoms with Crippen molar-refractivity contribution >= 4 is 21.4 Å². The molecule has 18 heavy (non-hydrogen) atoms. The molecule has 0 amide bonds. The normalized spacial score (nSPS) is 31.2. The Bertz CT molecular complexity index is 530. The lowest BCUT2D eigenvalue weighted by Crippen LogP contribution is -2.51. The first kappa shape index (κ1) is 13.8. The summed E-state index contributed by atoms with van der Waals surface area (Å²) in [6, 6.07) is 7.26. The zero-order valence-electron chi connectivity index (χ0n) is 10.6. The minimum atomic E-state index is -3.04. The maximum atomic E-state index is 12.1. The summed E-state index contributed by atoms with van der Waals surface area (Å²) in [6.07, 6.45) is 0.809. The number of sulfone groups is 1. The Morgan fingerprint density at radius 2 is 2.17 bits per heavy atom. The van der Waals surface area contributed by atoms with Crippen LogP contribution in [0.5, 0.6) is 0 Å². The van der Waals surface area contributed by atoms with Gasteiger partial charge in [0.05, 0.1) is 11.0 Å². The van der Waals surface area contributed by atoms with E-state index in [2.05, 4.69) is 5.32 Å². The van der Waals surface area contributed by atoms with Gasteiger partial charge in [0.1, 0.15) is 0 Å². The second kappa shape index (κ2) is 5.19. The van der Waals surface area contributed by atoms with E-state index in [0.29, 0.717) is 5.02 Å². The van der Waals surface area contributed by atoms with Gasteiger partial charge in [-0.25, -0.2) is 8.42 Å². The number of hydrogen-bond donors (Lipinski definition) is 1. The minimum Gasteiger partial charge on any atom is -0.305 e. The summed E-state index contributed by atoms with van der Waals surface area (Å²) in [5, 5.41) is 3.63. The molecule has 1 aromatic rings. The first-order chi connectivity index (χ1) is 8.44. The van der Waals surface area contributed by atoms with Gasteiger partial charge < -0.3 is 5.32 Å². The quantitative estimate of drug-likeness (QED) is 0.909. The number of hydrogen-bond acceptors (Lipinski definition) is 3. The van der Waals surface area contributed by atoms with E-state index in [1.54, 1.807) is 13.0 Å². The highest BCUT2D eigenvalue weighted by Crippen LogP contribution is 2.29. The van der Waals surface area contributed by atoms with Crippen LogP contribution in [0.1, 0.15) is 31.9 Å². The van der Waals surface area contributed by atoms with Crippen LogP contribution in [0.25, 0.3) is 0 Å². The van der Waals surface area contributed by atoms with Gasteiger partial charge in [0, 0.05) is 17.1 Å². The van der Waals surface area contributed by atoms with Crippen LogP contribution in [0.15, 0.2) is 24.3 Å². The van der Waals surface area contributed by atoms with Crippen molar-refractivity contribution in [2.45, 2.75) is 37.6 Å². The maximum Gasteiger partial charge on any atom is 0.156 e. The molecule has 0 radical (unpaired) electrons. The van der Waals surface area contributed by atoms with E-state index in [9.17, 15) is 8.42 Å². The third-order valence-corrected chi connectivity index (χ3v) is 6.09. The van der Waals surface area contributed by atoms with Gasteiger partial charge in [-0.2, -0.15) is 0 Å². The molecule has 2 rings (SSSR count). The topological polar surface area (TPSA) is 46.2 Å². The summed E-state index contributed by atoms with van der Waals surface area (Å²) in [5.74, 6) is 0.224. The third-order valence-electron chi connectivity index (χ3n) is 3.59. The Morgan fingerprint density at radius 3 is 2.78 bits per heavy atom. The van der Waals surface area contributed by atoms with Crippen molar-refractivity contribution in [2.75, 3.05) is 5.75 Å². The molecule has 100 valence electrons. The molecule has 1 N–H and O–H groups in total. The molecule has 3 unspecified atom stereocenters. The molecule has 1 fully saturated rings. The third kappa shape index (κ3) is 2.71. The second-order valence-electron chi connectivity index (χ2n) is 4.84. The summed E-state index contributed by atoms with van der Waals surface area (Å²) >= 11 is 5.98. The number of halogens is 1. The molecule has 1 saturated heterocycles. The molecule has 0 aliphatic carbocycles. The van der Waals surface area contributed by atoms with E-state index in [1.165, 1.54) is 0 Å². The largest absolute Gasteiger partial charge is 0.305 e. The van der Waals surface area contributed by atoms with E-state index in [0.717, 1.165) is 12.0 Å². The Morgan fingerprint density at radius 1 is 1.44 bits per heavy atom. The van der Waals surface area contributed by atoms with Crippen molar-refractivity contribution < 1.29 is 8.42 Å². The van der Waals surface area contributed by atoms with Crippen molar-refractivity contribution in [1.29, 1.82) is 0 Å². The van der Waals surface area contributed by atoms with Crippen molar-refractivity contribution in [1.82, 2.24) is 5.32 Å². The highest BCUT2D eigenvalue weighted by Gasteiger charge is 2.38. The van der Waals surface area contributed by atoms with Gasteiger partial charge in [-0.15, -0.1) is 0 Å². The molecule has 1 aliphatic rings. The van der Waals surface area contributed by atoms with E-state index < -0.39 is 15.1 Å². The standard InChI is InChI=1S/C13H18ClNO2S/c1-3-12-8-18(16,17)9(2)13(15-12)10-5-4-6-11(14)7-10/h4-7,9,12-13,15H,3,8H2,1-2H3. The second-order valence-corrected chi connectivity index (χ2v) is 7.68. The Labute approximate surface area is 113 Å². The molecular weight excluding hydrogens is 270 g/mol. The lowest BCUT2D eigenvalue weighted by Gasteiger charge is -2.35. The van der Waals surface area contributed by atoms with E-state index in [4.69, 9.17) is 11.6 Å². The predicted octanol–water partition coefficient (Wildman–Crippen LogP) is 2.57. The highest BCUT2D eigenvalue weighted by molar-refractivity contribution is 7.92. The van der Waals surface area contributed by atoms with Crippen molar-refractivity contribution in [3.8, 4) is 0 Å². The molecule has 0 spiro atoms. The van der Waals surface area contributed by atoms with Crippen LogP contribution in [0, 0.1) is 0 Å². The molecule has 3 nitrogen and oxygen atoms in total. The Balaban J connectivity index is 2.36. The van der Waals surface area contributed by atoms with Gasteiger partial charge in [-0.3, -0.25) is 0 Å². The summed E-state index contributed by atoms with van der Waals surface area (Å²) in [7, 11) is -3.04. The Hall–Kier alpha value is -0.580. The van der Waals surface area contributed by atoms with E-state index in [-0.39, 0.29) is 17.8 Å². The summed E-state index contributed by atoms with van der Waals surface area (Å²) < 4.78 is 24.3. The fourth-order valence-electron chi connectivity index (χ4n) is 2.38. The van der Waals surface area contributed by atoms with E-state index >= 15 is 0 Å². The van der Waals surface area contributed by atoms with Gasteiger partial charge in [0.25, 0.3) is 0 Å². The lowest BCUT2D eigenvalue weighted by atomic mass is 10.0. The monoisotopic (exact) mass is 287 g/mol. The molecule has 5 heteroatoms. The molecule has 0 aromatic heterocycles. The van der Waals surface area contributed by atoms with Crippen LogP contribution in [-0.4, -0.2) is 25.5 Å². The zero-order valence-corrected chi connectivity index (χ0v) is 12.1. The van der Waals surface area contributed by atoms with Gasteiger partial charge >= 0.3 is 0 Å². The van der Waals surface area contributed by atoms with Gasteiger partial charge in [-0.05, 0) is 31.0 Å². The predicted molar refractivity (Wildman–Crippen MR) is 74.7 cm³/mol. The highest BCUT2D eigenvalue weighted by atomic mass is 35.5. The van der Waals surface area contributed by atoms with E-state index in [1.807, 2.05) is 25.1 Å². The van der Waals surface area contributed by atoms with Crippen molar-refractivity contribution in [3.05, 3.63) is 34.9 Å². The molecule has 3 atom stereocenters. The minimum absolute atomic E-state index is 0.0233. The van der Waals surface area contributed by atoms with Crippen LogP contribution < -0.4 is 5.32 Å². The van der Waals surface area contributed by atoms with Crippen LogP contribution in [0.3, 0.4) is 0 Å². The molecule has 1 aromatic carbocycles. The molecular formula is C13H18ClNO2S. The number of benzene rings is 1. The van der Waals surface area contributed by atoms with Crippen LogP contribution >= 0.6 is 11.6 Å². The lowest BCUT2D eigenvalue weighted by molar-refractivity contribution is 0.404. The SMILES string of the molecule is CCC1CS(=O)(=O)C(C)C(c2cccc(Cl)c2)N1. The molecule has 0 saturated carbocycles. The molecule has 1 aliphatic heterocycles. The molecule has 0 bridgehead atoms. The fourth-order valence-corrected chi connectivity index (χ4v) is 4.43. The summed E-state index contributed by atoms with van der Waals surface area (Å²) in [4.78, 5) is 0. The number of nitrogens with one attached hydrogen (secondary N) is 1. The average Bonchev–Trinajstić information content (AvgIpc) is 2.32. The smallest absolute Gasteiger partial charge is 0.156 e. The summed E-state index contributed by atoms with van der Waals surface area (Å²) in [5.41, 5.74) is 0.941. The first-order valence-corrected chi connectivity index (χ1v) is 8.26. The summed E-state index contributed by atoms with van der Waals surface area (Å²) in [6.45, 7) is 3.76. The van der Waals surface area contributed by atoms with Gasteiger partial charge in [0.2, 0.25) is 0 Å². The maximum absolute atomic E-state index is 12.1. The number of rotatable bonds is 2. The van der Waals surface area contributed by atoms with Gasteiger partial charge in [0.15, 0.2) is 9.84 Å². The Kier molecular flexibility index (Phi) is 3.99. The van der Waals surface area contributed by atoms with Crippen LogP contribution in [-0.2, 0) is 9.84 Å². The van der Waals surface area contributed by atoms with Crippen molar-refractivity contribution in [2.24, 2.45) is 0 Å². The van der Waals surface area contributed by atoms with Crippen LogP contribution in [0.2, 0.25) is 5.02 Å². The van der Waals surface area contributed by atoms with Crippen molar-refractivity contribution in [3.63, 3.8) is 0 Å². The average molecular weight is 288 g/mol. The fraction of sp³-hybridized carbons (Fsp3) is 0.538. The zero-order chi connectivity index (χ0) is 13.3. The first-order valence-electron chi connectivity index (χ1n) is 6.17.